The molecule has 0 bridgehead atoms. The molecule has 1 aromatic heterocycles. The SMILES string of the molecule is CO[C@@H]1c2cc(N3CCOC3=O)ccc2O[C@H](C(CCn2cc(CCO)nn2)[Si](C)(C)O)[C@H]1C. The smallest absolute Gasteiger partial charge is 0.414 e. The Kier molecular flexibility index (Phi) is 7.27. The first-order chi connectivity index (χ1) is 16.2. The highest BCUT2D eigenvalue weighted by atomic mass is 28.4. The average Bonchev–Trinajstić information content (AvgIpc) is 3.42. The Morgan fingerprint density at radius 2 is 2.15 bits per heavy atom. The molecule has 186 valence electrons. The number of ether oxygens (including phenoxy) is 3. The number of anilines is 1. The number of aryl methyl sites for hydroxylation is 1. The van der Waals surface area contributed by atoms with Gasteiger partial charge in [0.2, 0.25) is 0 Å². The predicted octanol–water partition coefficient (Wildman–Crippen LogP) is 2.51. The van der Waals surface area contributed by atoms with Crippen LogP contribution in [0.25, 0.3) is 0 Å². The standard InChI is InChI=1S/C23H34N4O6Si/c1-15-21(31-2)18-13-17(27-10-12-32-23(27)29)5-6-19(18)33-22(15)20(34(3,4)30)7-9-26-14-16(8-11-28)24-25-26/h5-6,13-15,20-22,28,30H,7-12H2,1-4H3/t15-,20?,21-,22-/m0/s1. The molecule has 2 aliphatic heterocycles. The van der Waals surface area contributed by atoms with Crippen LogP contribution in [-0.2, 0) is 22.4 Å². The van der Waals surface area contributed by atoms with E-state index in [0.29, 0.717) is 38.3 Å². The normalized spacial score (nSPS) is 23.4. The molecule has 1 aromatic carbocycles. The van der Waals surface area contributed by atoms with Gasteiger partial charge in [-0.1, -0.05) is 12.1 Å². The third kappa shape index (κ3) is 4.97. The molecule has 0 saturated carbocycles. The molecular formula is C23H34N4O6Si. The predicted molar refractivity (Wildman–Crippen MR) is 127 cm³/mol. The Balaban J connectivity index is 1.57. The van der Waals surface area contributed by atoms with Crippen molar-refractivity contribution in [2.45, 2.75) is 57.2 Å². The number of aromatic nitrogens is 3. The molecule has 4 atom stereocenters. The van der Waals surface area contributed by atoms with E-state index < -0.39 is 8.32 Å². The molecule has 34 heavy (non-hydrogen) atoms. The van der Waals surface area contributed by atoms with Gasteiger partial charge in [-0.3, -0.25) is 9.58 Å². The molecule has 3 heterocycles. The number of carbonyl (C=O) groups is 1. The number of fused-ring (bicyclic) bond motifs is 1. The van der Waals surface area contributed by atoms with Gasteiger partial charge in [-0.05, 0) is 37.7 Å². The van der Waals surface area contributed by atoms with Crippen LogP contribution < -0.4 is 9.64 Å². The van der Waals surface area contributed by atoms with Crippen molar-refractivity contribution in [3.63, 3.8) is 0 Å². The third-order valence-corrected chi connectivity index (χ3v) is 9.24. The van der Waals surface area contributed by atoms with Gasteiger partial charge in [0.15, 0.2) is 8.32 Å². The van der Waals surface area contributed by atoms with Gasteiger partial charge in [-0.15, -0.1) is 5.10 Å². The van der Waals surface area contributed by atoms with Gasteiger partial charge >= 0.3 is 6.09 Å². The number of methoxy groups -OCH3 is 1. The summed E-state index contributed by atoms with van der Waals surface area (Å²) in [5, 5.41) is 17.4. The fourth-order valence-electron chi connectivity index (χ4n) is 5.03. The van der Waals surface area contributed by atoms with Crippen molar-refractivity contribution in [1.29, 1.82) is 0 Å². The zero-order valence-electron chi connectivity index (χ0n) is 20.2. The van der Waals surface area contributed by atoms with Gasteiger partial charge in [0, 0.05) is 55.6 Å². The zero-order chi connectivity index (χ0) is 24.5. The molecule has 1 unspecified atom stereocenters. The fourth-order valence-corrected chi connectivity index (χ4v) is 7.04. The summed E-state index contributed by atoms with van der Waals surface area (Å²) >= 11 is 0. The molecule has 2 aliphatic rings. The van der Waals surface area contributed by atoms with Crippen LogP contribution >= 0.6 is 0 Å². The zero-order valence-corrected chi connectivity index (χ0v) is 21.2. The fraction of sp³-hybridized carbons (Fsp3) is 0.609. The number of hydrogen-bond donors (Lipinski definition) is 2. The lowest BCUT2D eigenvalue weighted by atomic mass is 9.86. The average molecular weight is 491 g/mol. The molecule has 1 fully saturated rings. The van der Waals surface area contributed by atoms with Crippen LogP contribution in [0.5, 0.6) is 5.75 Å². The Labute approximate surface area is 200 Å². The second kappa shape index (κ2) is 10.0. The highest BCUT2D eigenvalue weighted by molar-refractivity contribution is 6.71. The number of carbonyl (C=O) groups excluding carboxylic acids is 1. The van der Waals surface area contributed by atoms with Crippen molar-refractivity contribution in [2.24, 2.45) is 5.92 Å². The van der Waals surface area contributed by atoms with Gasteiger partial charge in [0.1, 0.15) is 18.5 Å². The number of cyclic esters (lactones) is 1. The van der Waals surface area contributed by atoms with Crippen LogP contribution in [0.4, 0.5) is 10.5 Å². The summed E-state index contributed by atoms with van der Waals surface area (Å²) in [5.74, 6) is 0.684. The lowest BCUT2D eigenvalue weighted by Crippen LogP contribution is -2.48. The van der Waals surface area contributed by atoms with Crippen LogP contribution in [-0.4, -0.2) is 72.3 Å². The number of rotatable bonds is 9. The molecule has 11 heteroatoms. The van der Waals surface area contributed by atoms with E-state index in [9.17, 15) is 9.59 Å². The lowest BCUT2D eigenvalue weighted by molar-refractivity contribution is -0.0247. The number of hydrogen-bond acceptors (Lipinski definition) is 8. The highest BCUT2D eigenvalue weighted by Crippen LogP contribution is 2.47. The van der Waals surface area contributed by atoms with E-state index in [2.05, 4.69) is 17.2 Å². The van der Waals surface area contributed by atoms with Gasteiger partial charge in [-0.25, -0.2) is 4.79 Å². The van der Waals surface area contributed by atoms with Crippen molar-refractivity contribution in [2.75, 3.05) is 31.8 Å². The largest absolute Gasteiger partial charge is 0.490 e. The minimum Gasteiger partial charge on any atom is -0.490 e. The number of aliphatic hydroxyl groups excluding tert-OH is 1. The van der Waals surface area contributed by atoms with Crippen molar-refractivity contribution in [1.82, 2.24) is 15.0 Å². The van der Waals surface area contributed by atoms with Crippen LogP contribution in [0.3, 0.4) is 0 Å². The van der Waals surface area contributed by atoms with Crippen molar-refractivity contribution in [3.8, 4) is 5.75 Å². The number of amides is 1. The maximum Gasteiger partial charge on any atom is 0.414 e. The topological polar surface area (TPSA) is 119 Å². The lowest BCUT2D eigenvalue weighted by Gasteiger charge is -2.44. The van der Waals surface area contributed by atoms with Crippen LogP contribution in [0.1, 0.15) is 30.7 Å². The molecule has 2 N–H and O–H groups in total. The van der Waals surface area contributed by atoms with E-state index in [-0.39, 0.29) is 36.4 Å². The summed E-state index contributed by atoms with van der Waals surface area (Å²) in [5.41, 5.74) is 2.32. The molecular weight excluding hydrogens is 456 g/mol. The Bertz CT molecular complexity index is 1010. The first-order valence-electron chi connectivity index (χ1n) is 11.7. The molecule has 4 rings (SSSR count). The summed E-state index contributed by atoms with van der Waals surface area (Å²) < 4.78 is 19.3. The van der Waals surface area contributed by atoms with Crippen molar-refractivity contribution >= 4 is 20.1 Å². The number of benzene rings is 1. The monoisotopic (exact) mass is 490 g/mol. The quantitative estimate of drug-likeness (QED) is 0.515. The molecule has 0 radical (unpaired) electrons. The molecule has 2 aromatic rings. The van der Waals surface area contributed by atoms with Gasteiger partial charge < -0.3 is 24.1 Å². The summed E-state index contributed by atoms with van der Waals surface area (Å²) in [6, 6.07) is 5.68. The Morgan fingerprint density at radius 3 is 2.79 bits per heavy atom. The van der Waals surface area contributed by atoms with Gasteiger partial charge in [0.25, 0.3) is 0 Å². The molecule has 0 spiro atoms. The summed E-state index contributed by atoms with van der Waals surface area (Å²) in [7, 11) is -0.955. The summed E-state index contributed by atoms with van der Waals surface area (Å²) in [6.45, 7) is 7.47. The maximum atomic E-state index is 12.0. The second-order valence-electron chi connectivity index (χ2n) is 9.58. The Hall–Kier alpha value is -2.47. The van der Waals surface area contributed by atoms with Crippen LogP contribution in [0.2, 0.25) is 18.6 Å². The highest BCUT2D eigenvalue weighted by Gasteiger charge is 2.46. The van der Waals surface area contributed by atoms with Crippen LogP contribution in [0, 0.1) is 5.92 Å². The Morgan fingerprint density at radius 1 is 1.35 bits per heavy atom. The first-order valence-corrected chi connectivity index (χ1v) is 14.7. The van der Waals surface area contributed by atoms with E-state index in [0.717, 1.165) is 16.9 Å². The molecule has 1 saturated heterocycles. The van der Waals surface area contributed by atoms with E-state index in [1.165, 1.54) is 0 Å². The van der Waals surface area contributed by atoms with E-state index in [4.69, 9.17) is 19.3 Å². The minimum absolute atomic E-state index is 0.0251. The van der Waals surface area contributed by atoms with Crippen molar-refractivity contribution < 1.29 is 28.9 Å². The second-order valence-corrected chi connectivity index (χ2v) is 13.6. The third-order valence-electron chi connectivity index (χ3n) is 6.81. The molecule has 10 nitrogen and oxygen atoms in total. The van der Waals surface area contributed by atoms with Crippen molar-refractivity contribution in [3.05, 3.63) is 35.7 Å². The van der Waals surface area contributed by atoms with Gasteiger partial charge in [0.05, 0.1) is 18.3 Å². The minimum atomic E-state index is -2.63. The van der Waals surface area contributed by atoms with Crippen LogP contribution in [0.15, 0.2) is 24.4 Å². The summed E-state index contributed by atoms with van der Waals surface area (Å²) in [4.78, 5) is 24.9. The first kappa shape index (κ1) is 24.6. The van der Waals surface area contributed by atoms with E-state index in [1.54, 1.807) is 16.7 Å². The maximum absolute atomic E-state index is 12.0. The van der Waals surface area contributed by atoms with Gasteiger partial charge in [-0.2, -0.15) is 0 Å². The number of nitrogens with zero attached hydrogens (tertiary/aromatic N) is 4. The van der Waals surface area contributed by atoms with E-state index in [1.807, 2.05) is 37.5 Å². The summed E-state index contributed by atoms with van der Waals surface area (Å²) in [6.07, 6.45) is 2.15. The number of aliphatic hydroxyl groups is 1. The molecule has 0 aliphatic carbocycles. The van der Waals surface area contributed by atoms with E-state index >= 15 is 0 Å². The molecule has 1 amide bonds.